The zero-order chi connectivity index (χ0) is 10.7. The number of rotatable bonds is 3. The van der Waals surface area contributed by atoms with Crippen LogP contribution in [0.2, 0.25) is 0 Å². The van der Waals surface area contributed by atoms with Gasteiger partial charge in [0, 0.05) is 6.20 Å². The maximum Gasteiger partial charge on any atom is 0.251 e. The molecule has 1 heterocycles. The number of aliphatic hydroxyl groups is 1. The fourth-order valence-corrected chi connectivity index (χ4v) is 1.15. The maximum absolute atomic E-state index is 13.3. The summed E-state index contributed by atoms with van der Waals surface area (Å²) in [6.45, 7) is 3.24. The van der Waals surface area contributed by atoms with E-state index < -0.39 is 18.0 Å². The standard InChI is InChI=1S/C9H11FINO2/c1-5(13)6(2)14-9-8(10)7(11)3-4-12-9/h3-6,13H,1-2H3/t5-,6?/m1/s1. The van der Waals surface area contributed by atoms with Crippen LogP contribution < -0.4 is 4.74 Å². The highest BCUT2D eigenvalue weighted by Gasteiger charge is 2.15. The predicted octanol–water partition coefficient (Wildman–Crippen LogP) is 1.97. The molecule has 0 aliphatic carbocycles. The van der Waals surface area contributed by atoms with E-state index in [2.05, 4.69) is 4.98 Å². The molecule has 14 heavy (non-hydrogen) atoms. The third-order valence-corrected chi connectivity index (χ3v) is 2.62. The largest absolute Gasteiger partial charge is 0.470 e. The lowest BCUT2D eigenvalue weighted by Gasteiger charge is -2.16. The molecule has 0 aliphatic rings. The number of pyridine rings is 1. The van der Waals surface area contributed by atoms with Gasteiger partial charge in [-0.1, -0.05) is 0 Å². The number of halogens is 2. The summed E-state index contributed by atoms with van der Waals surface area (Å²) in [7, 11) is 0. The molecule has 5 heteroatoms. The Hall–Kier alpha value is -0.430. The zero-order valence-corrected chi connectivity index (χ0v) is 10.0. The van der Waals surface area contributed by atoms with E-state index in [0.717, 1.165) is 0 Å². The van der Waals surface area contributed by atoms with Crippen LogP contribution in [0.25, 0.3) is 0 Å². The number of aliphatic hydroxyl groups excluding tert-OH is 1. The normalized spacial score (nSPS) is 14.9. The first-order chi connectivity index (χ1) is 6.52. The predicted molar refractivity (Wildman–Crippen MR) is 58.7 cm³/mol. The first kappa shape index (κ1) is 11.6. The number of ether oxygens (including phenoxy) is 1. The quantitative estimate of drug-likeness (QED) is 0.868. The minimum absolute atomic E-state index is 0.0645. The second kappa shape index (κ2) is 4.88. The summed E-state index contributed by atoms with van der Waals surface area (Å²) in [5.41, 5.74) is 0. The van der Waals surface area contributed by atoms with Gasteiger partial charge in [0.05, 0.1) is 9.67 Å². The van der Waals surface area contributed by atoms with Crippen molar-refractivity contribution in [3.8, 4) is 5.88 Å². The van der Waals surface area contributed by atoms with Crippen LogP contribution in [-0.4, -0.2) is 22.3 Å². The van der Waals surface area contributed by atoms with Gasteiger partial charge in [0.15, 0.2) is 5.82 Å². The summed E-state index contributed by atoms with van der Waals surface area (Å²) in [4.78, 5) is 3.75. The summed E-state index contributed by atoms with van der Waals surface area (Å²) in [5.74, 6) is -0.550. The molecule has 0 spiro atoms. The number of aromatic nitrogens is 1. The van der Waals surface area contributed by atoms with E-state index in [9.17, 15) is 4.39 Å². The van der Waals surface area contributed by atoms with Gasteiger partial charge in [-0.15, -0.1) is 0 Å². The first-order valence-corrected chi connectivity index (χ1v) is 5.25. The molecule has 1 rings (SSSR count). The minimum atomic E-state index is -0.658. The lowest BCUT2D eigenvalue weighted by Crippen LogP contribution is -2.26. The van der Waals surface area contributed by atoms with Gasteiger partial charge < -0.3 is 9.84 Å². The lowest BCUT2D eigenvalue weighted by molar-refractivity contribution is 0.0545. The molecular formula is C9H11FINO2. The van der Waals surface area contributed by atoms with E-state index in [1.54, 1.807) is 19.9 Å². The van der Waals surface area contributed by atoms with Gasteiger partial charge >= 0.3 is 0 Å². The Labute approximate surface area is 95.4 Å². The second-order valence-corrected chi connectivity index (χ2v) is 4.14. The zero-order valence-electron chi connectivity index (χ0n) is 7.87. The summed E-state index contributed by atoms with van der Waals surface area (Å²) < 4.78 is 18.9. The Kier molecular flexibility index (Phi) is 4.06. The molecule has 0 aliphatic heterocycles. The third kappa shape index (κ3) is 2.78. The molecule has 0 aromatic carbocycles. The summed E-state index contributed by atoms with van der Waals surface area (Å²) in [6.07, 6.45) is 0.332. The van der Waals surface area contributed by atoms with Crippen LogP contribution in [0.3, 0.4) is 0 Å². The van der Waals surface area contributed by atoms with E-state index in [1.807, 2.05) is 22.6 Å². The molecule has 0 saturated carbocycles. The number of hydrogen-bond acceptors (Lipinski definition) is 3. The van der Waals surface area contributed by atoms with E-state index in [1.165, 1.54) is 6.20 Å². The van der Waals surface area contributed by atoms with Crippen LogP contribution in [0.15, 0.2) is 12.3 Å². The van der Waals surface area contributed by atoms with Crippen LogP contribution in [0.4, 0.5) is 4.39 Å². The lowest BCUT2D eigenvalue weighted by atomic mass is 10.2. The van der Waals surface area contributed by atoms with E-state index in [4.69, 9.17) is 9.84 Å². The Morgan fingerprint density at radius 2 is 2.21 bits per heavy atom. The summed E-state index contributed by atoms with van der Waals surface area (Å²) in [6, 6.07) is 1.55. The van der Waals surface area contributed by atoms with Gasteiger partial charge in [0.1, 0.15) is 6.10 Å². The Balaban J connectivity index is 2.82. The number of nitrogens with zero attached hydrogens (tertiary/aromatic N) is 1. The van der Waals surface area contributed by atoms with Crippen LogP contribution in [0, 0.1) is 9.39 Å². The number of hydrogen-bond donors (Lipinski definition) is 1. The average molecular weight is 311 g/mol. The minimum Gasteiger partial charge on any atom is -0.470 e. The third-order valence-electron chi connectivity index (χ3n) is 1.79. The van der Waals surface area contributed by atoms with E-state index in [0.29, 0.717) is 3.57 Å². The maximum atomic E-state index is 13.3. The van der Waals surface area contributed by atoms with Crippen molar-refractivity contribution in [3.63, 3.8) is 0 Å². The van der Waals surface area contributed by atoms with Crippen molar-refractivity contribution >= 4 is 22.6 Å². The van der Waals surface area contributed by atoms with Crippen molar-refractivity contribution in [3.05, 3.63) is 21.7 Å². The van der Waals surface area contributed by atoms with E-state index in [-0.39, 0.29) is 5.88 Å². The molecule has 0 radical (unpaired) electrons. The monoisotopic (exact) mass is 311 g/mol. The molecule has 2 atom stereocenters. The van der Waals surface area contributed by atoms with Crippen molar-refractivity contribution in [1.82, 2.24) is 4.98 Å². The fourth-order valence-electron chi connectivity index (χ4n) is 0.759. The van der Waals surface area contributed by atoms with Crippen molar-refractivity contribution in [1.29, 1.82) is 0 Å². The molecule has 0 bridgehead atoms. The van der Waals surface area contributed by atoms with Gasteiger partial charge in [0.25, 0.3) is 5.88 Å². The Morgan fingerprint density at radius 1 is 1.57 bits per heavy atom. The highest BCUT2D eigenvalue weighted by Crippen LogP contribution is 2.20. The van der Waals surface area contributed by atoms with Crippen LogP contribution in [-0.2, 0) is 0 Å². The average Bonchev–Trinajstić information content (AvgIpc) is 2.12. The fraction of sp³-hybridized carbons (Fsp3) is 0.444. The van der Waals surface area contributed by atoms with Crippen molar-refractivity contribution in [2.24, 2.45) is 0 Å². The van der Waals surface area contributed by atoms with Crippen LogP contribution >= 0.6 is 22.6 Å². The molecule has 1 aromatic rings. The molecule has 0 saturated heterocycles. The Bertz CT molecular complexity index is 320. The van der Waals surface area contributed by atoms with Crippen molar-refractivity contribution < 1.29 is 14.2 Å². The molecular weight excluding hydrogens is 300 g/mol. The first-order valence-electron chi connectivity index (χ1n) is 4.17. The molecule has 1 unspecified atom stereocenters. The molecule has 0 fully saturated rings. The topological polar surface area (TPSA) is 42.4 Å². The second-order valence-electron chi connectivity index (χ2n) is 2.98. The van der Waals surface area contributed by atoms with Crippen molar-refractivity contribution in [2.45, 2.75) is 26.1 Å². The van der Waals surface area contributed by atoms with E-state index >= 15 is 0 Å². The molecule has 1 aromatic heterocycles. The van der Waals surface area contributed by atoms with Gasteiger partial charge in [-0.3, -0.25) is 0 Å². The van der Waals surface area contributed by atoms with Crippen molar-refractivity contribution in [2.75, 3.05) is 0 Å². The molecule has 0 amide bonds. The smallest absolute Gasteiger partial charge is 0.251 e. The highest BCUT2D eigenvalue weighted by molar-refractivity contribution is 14.1. The highest BCUT2D eigenvalue weighted by atomic mass is 127. The van der Waals surface area contributed by atoms with Gasteiger partial charge in [-0.05, 0) is 42.5 Å². The molecule has 78 valence electrons. The van der Waals surface area contributed by atoms with Crippen LogP contribution in [0.1, 0.15) is 13.8 Å². The van der Waals surface area contributed by atoms with Gasteiger partial charge in [-0.2, -0.15) is 4.39 Å². The summed E-state index contributed by atoms with van der Waals surface area (Å²) in [5, 5.41) is 9.17. The SMILES string of the molecule is CC(Oc1nccc(I)c1F)[C@@H](C)O. The van der Waals surface area contributed by atoms with Crippen LogP contribution in [0.5, 0.6) is 5.88 Å². The molecule has 3 nitrogen and oxygen atoms in total. The summed E-state index contributed by atoms with van der Waals surface area (Å²) >= 11 is 1.86. The van der Waals surface area contributed by atoms with Gasteiger partial charge in [-0.25, -0.2) is 4.98 Å². The Morgan fingerprint density at radius 3 is 2.79 bits per heavy atom. The molecule has 1 N–H and O–H groups in total. The van der Waals surface area contributed by atoms with Gasteiger partial charge in [0.2, 0.25) is 0 Å².